The van der Waals surface area contributed by atoms with Crippen LogP contribution in [-0.4, -0.2) is 43.3 Å². The van der Waals surface area contributed by atoms with Crippen molar-refractivity contribution in [3.63, 3.8) is 0 Å². The van der Waals surface area contributed by atoms with E-state index in [4.69, 9.17) is 0 Å². The van der Waals surface area contributed by atoms with E-state index in [-0.39, 0.29) is 18.6 Å². The number of carbonyl (C=O) groups excluding carboxylic acids is 1. The molecule has 1 atom stereocenters. The number of pyridine rings is 1. The molecule has 0 fully saturated rings. The van der Waals surface area contributed by atoms with Gasteiger partial charge in [0.1, 0.15) is 0 Å². The summed E-state index contributed by atoms with van der Waals surface area (Å²) in [6.07, 6.45) is 7.64. The van der Waals surface area contributed by atoms with Gasteiger partial charge in [0.15, 0.2) is 0 Å². The number of nitrogens with zero attached hydrogens (tertiary/aromatic N) is 4. The summed E-state index contributed by atoms with van der Waals surface area (Å²) < 4.78 is 1.71. The van der Waals surface area contributed by atoms with Gasteiger partial charge in [-0.2, -0.15) is 5.10 Å². The lowest BCUT2D eigenvalue weighted by Gasteiger charge is -2.30. The Balaban J connectivity index is 1.91. The Kier molecular flexibility index (Phi) is 5.76. The van der Waals surface area contributed by atoms with Gasteiger partial charge in [-0.3, -0.25) is 9.78 Å². The van der Waals surface area contributed by atoms with Crippen LogP contribution in [0.25, 0.3) is 5.69 Å². The number of hydrogen-bond acceptors (Lipinski definition) is 4. The highest BCUT2D eigenvalue weighted by Gasteiger charge is 2.23. The largest absolute Gasteiger partial charge is 0.394 e. The number of hydrogen-bond donors (Lipinski definition) is 1. The van der Waals surface area contributed by atoms with Crippen LogP contribution in [0.15, 0.2) is 67.3 Å². The van der Waals surface area contributed by atoms with E-state index in [0.29, 0.717) is 18.5 Å². The average molecular weight is 350 g/mol. The van der Waals surface area contributed by atoms with E-state index in [0.717, 1.165) is 11.3 Å². The second-order valence-electron chi connectivity index (χ2n) is 6.04. The first-order chi connectivity index (χ1) is 12.7. The summed E-state index contributed by atoms with van der Waals surface area (Å²) in [5.74, 6) is -0.122. The summed E-state index contributed by atoms with van der Waals surface area (Å²) in [6, 6.07) is 12.7. The lowest BCUT2D eigenvalue weighted by molar-refractivity contribution is 0.0563. The summed E-state index contributed by atoms with van der Waals surface area (Å²) >= 11 is 0. The molecule has 2 aromatic heterocycles. The van der Waals surface area contributed by atoms with E-state index in [1.807, 2.05) is 49.5 Å². The minimum atomic E-state index is -0.254. The summed E-state index contributed by atoms with van der Waals surface area (Å²) in [7, 11) is 0. The molecule has 0 aliphatic carbocycles. The van der Waals surface area contributed by atoms with Crippen molar-refractivity contribution < 1.29 is 9.90 Å². The van der Waals surface area contributed by atoms with E-state index < -0.39 is 0 Å². The predicted molar refractivity (Wildman–Crippen MR) is 98.8 cm³/mol. The molecule has 1 aromatic carbocycles. The molecule has 3 rings (SSSR count). The maximum atomic E-state index is 13.2. The van der Waals surface area contributed by atoms with Crippen molar-refractivity contribution >= 4 is 5.91 Å². The fourth-order valence-electron chi connectivity index (χ4n) is 2.87. The highest BCUT2D eigenvalue weighted by Crippen LogP contribution is 2.17. The fraction of sp³-hybridized carbons (Fsp3) is 0.250. The van der Waals surface area contributed by atoms with Crippen LogP contribution < -0.4 is 0 Å². The van der Waals surface area contributed by atoms with Crippen LogP contribution in [-0.2, 0) is 6.54 Å². The normalized spacial score (nSPS) is 11.9. The lowest BCUT2D eigenvalue weighted by Crippen LogP contribution is -2.41. The second-order valence-corrected chi connectivity index (χ2v) is 6.04. The van der Waals surface area contributed by atoms with E-state index in [2.05, 4.69) is 10.1 Å². The number of carbonyl (C=O) groups is 1. The fourth-order valence-corrected chi connectivity index (χ4v) is 2.87. The topological polar surface area (TPSA) is 71.2 Å². The van der Waals surface area contributed by atoms with Gasteiger partial charge in [-0.05, 0) is 42.3 Å². The summed E-state index contributed by atoms with van der Waals surface area (Å²) in [6.45, 7) is 2.28. The van der Waals surface area contributed by atoms with Crippen molar-refractivity contribution in [1.29, 1.82) is 0 Å². The molecule has 3 aromatic rings. The first-order valence-electron chi connectivity index (χ1n) is 8.63. The minimum Gasteiger partial charge on any atom is -0.394 e. The van der Waals surface area contributed by atoms with Crippen molar-refractivity contribution in [1.82, 2.24) is 19.7 Å². The molecule has 2 heterocycles. The van der Waals surface area contributed by atoms with Crippen molar-refractivity contribution in [3.8, 4) is 5.69 Å². The van der Waals surface area contributed by atoms with Gasteiger partial charge in [0.05, 0.1) is 18.3 Å². The van der Waals surface area contributed by atoms with Crippen LogP contribution in [0.4, 0.5) is 0 Å². The maximum absolute atomic E-state index is 13.2. The Labute approximate surface area is 152 Å². The average Bonchev–Trinajstić information content (AvgIpc) is 3.23. The molecule has 0 unspecified atom stereocenters. The molecule has 0 saturated heterocycles. The van der Waals surface area contributed by atoms with Gasteiger partial charge in [-0.15, -0.1) is 0 Å². The Morgan fingerprint density at radius 1 is 1.23 bits per heavy atom. The molecule has 26 heavy (non-hydrogen) atoms. The number of aliphatic hydroxyl groups excluding tert-OH is 1. The molecule has 1 N–H and O–H groups in total. The quantitative estimate of drug-likeness (QED) is 0.711. The van der Waals surface area contributed by atoms with Gasteiger partial charge in [0.2, 0.25) is 0 Å². The summed E-state index contributed by atoms with van der Waals surface area (Å²) in [5, 5.41) is 14.0. The first kappa shape index (κ1) is 17.8. The Bertz CT molecular complexity index is 830. The standard InChI is InChI=1S/C20H22N4O2/c1-2-18(15-25)23(14-16-6-4-9-21-13-16)20(26)17-7-3-8-19(12-17)24-11-5-10-22-24/h3-13,18,25H,2,14-15H2,1H3/t18-/m0/s1. The smallest absolute Gasteiger partial charge is 0.254 e. The molecule has 0 bridgehead atoms. The zero-order valence-corrected chi connectivity index (χ0v) is 14.7. The van der Waals surface area contributed by atoms with Crippen LogP contribution in [0.1, 0.15) is 29.3 Å². The highest BCUT2D eigenvalue weighted by atomic mass is 16.3. The van der Waals surface area contributed by atoms with Crippen molar-refractivity contribution in [3.05, 3.63) is 78.4 Å². The molecule has 134 valence electrons. The number of benzene rings is 1. The van der Waals surface area contributed by atoms with Crippen LogP contribution in [0.5, 0.6) is 0 Å². The number of aliphatic hydroxyl groups is 1. The lowest BCUT2D eigenvalue weighted by atomic mass is 10.1. The monoisotopic (exact) mass is 350 g/mol. The molecule has 6 heteroatoms. The van der Waals surface area contributed by atoms with Gasteiger partial charge in [-0.25, -0.2) is 4.68 Å². The van der Waals surface area contributed by atoms with Crippen LogP contribution in [0.3, 0.4) is 0 Å². The third kappa shape index (κ3) is 3.97. The van der Waals surface area contributed by atoms with E-state index in [1.54, 1.807) is 34.2 Å². The maximum Gasteiger partial charge on any atom is 0.254 e. The van der Waals surface area contributed by atoms with Crippen LogP contribution >= 0.6 is 0 Å². The van der Waals surface area contributed by atoms with E-state index in [9.17, 15) is 9.90 Å². The summed E-state index contributed by atoms with van der Waals surface area (Å²) in [4.78, 5) is 19.0. The molecule has 0 radical (unpaired) electrons. The Morgan fingerprint density at radius 2 is 2.12 bits per heavy atom. The van der Waals surface area contributed by atoms with Crippen LogP contribution in [0, 0.1) is 0 Å². The van der Waals surface area contributed by atoms with Crippen LogP contribution in [0.2, 0.25) is 0 Å². The molecular weight excluding hydrogens is 328 g/mol. The number of rotatable bonds is 7. The Hall–Kier alpha value is -2.99. The highest BCUT2D eigenvalue weighted by molar-refractivity contribution is 5.95. The number of amides is 1. The SMILES string of the molecule is CC[C@@H](CO)N(Cc1cccnc1)C(=O)c1cccc(-n2cccn2)c1. The predicted octanol–water partition coefficient (Wildman–Crippen LogP) is 2.68. The minimum absolute atomic E-state index is 0.0820. The first-order valence-corrected chi connectivity index (χ1v) is 8.63. The molecule has 1 amide bonds. The molecular formula is C20H22N4O2. The van der Waals surface area contributed by atoms with E-state index >= 15 is 0 Å². The Morgan fingerprint density at radius 3 is 2.77 bits per heavy atom. The zero-order chi connectivity index (χ0) is 18.4. The molecule has 6 nitrogen and oxygen atoms in total. The third-order valence-electron chi connectivity index (χ3n) is 4.32. The molecule has 0 aliphatic rings. The van der Waals surface area contributed by atoms with Gasteiger partial charge in [0.25, 0.3) is 5.91 Å². The molecule has 0 spiro atoms. The van der Waals surface area contributed by atoms with E-state index in [1.165, 1.54) is 0 Å². The number of aromatic nitrogens is 3. The van der Waals surface area contributed by atoms with Gasteiger partial charge in [-0.1, -0.05) is 19.1 Å². The molecule has 0 aliphatic heterocycles. The second kappa shape index (κ2) is 8.40. The van der Waals surface area contributed by atoms with Gasteiger partial charge < -0.3 is 10.0 Å². The van der Waals surface area contributed by atoms with Gasteiger partial charge in [0, 0.05) is 36.9 Å². The zero-order valence-electron chi connectivity index (χ0n) is 14.7. The van der Waals surface area contributed by atoms with Gasteiger partial charge >= 0.3 is 0 Å². The molecule has 0 saturated carbocycles. The van der Waals surface area contributed by atoms with Crippen molar-refractivity contribution in [2.75, 3.05) is 6.61 Å². The van der Waals surface area contributed by atoms with Crippen molar-refractivity contribution in [2.45, 2.75) is 25.9 Å². The summed E-state index contributed by atoms with van der Waals surface area (Å²) in [5.41, 5.74) is 2.31. The van der Waals surface area contributed by atoms with Crippen molar-refractivity contribution in [2.24, 2.45) is 0 Å². The third-order valence-corrected chi connectivity index (χ3v) is 4.32.